The van der Waals surface area contributed by atoms with Crippen LogP contribution in [-0.4, -0.2) is 13.1 Å². The predicted octanol–water partition coefficient (Wildman–Crippen LogP) is 2.95. The zero-order valence-corrected chi connectivity index (χ0v) is 12.4. The van der Waals surface area contributed by atoms with E-state index in [-0.39, 0.29) is 6.42 Å². The van der Waals surface area contributed by atoms with Crippen LogP contribution in [0.2, 0.25) is 0 Å². The van der Waals surface area contributed by atoms with Crippen LogP contribution in [0.4, 0.5) is 0 Å². The molecule has 5 nitrogen and oxygen atoms in total. The lowest BCUT2D eigenvalue weighted by atomic mass is 10.1. The first-order chi connectivity index (χ1) is 11.2. The molecule has 0 atom stereocenters. The van der Waals surface area contributed by atoms with Gasteiger partial charge >= 0.3 is 11.6 Å². The largest absolute Gasteiger partial charge is 0.496 e. The van der Waals surface area contributed by atoms with Gasteiger partial charge in [-0.2, -0.15) is 0 Å². The van der Waals surface area contributed by atoms with Gasteiger partial charge in [0, 0.05) is 23.1 Å². The average Bonchev–Trinajstić information content (AvgIpc) is 2.55. The minimum absolute atomic E-state index is 0.0841. The Morgan fingerprint density at radius 1 is 1.09 bits per heavy atom. The number of hydrogen-bond acceptors (Lipinski definition) is 5. The molecule has 3 rings (SSSR count). The molecule has 0 amide bonds. The minimum Gasteiger partial charge on any atom is -0.496 e. The molecule has 1 heterocycles. The summed E-state index contributed by atoms with van der Waals surface area (Å²) < 4.78 is 15.6. The van der Waals surface area contributed by atoms with E-state index in [1.165, 1.54) is 12.1 Å². The Morgan fingerprint density at radius 3 is 2.70 bits per heavy atom. The highest BCUT2D eigenvalue weighted by Crippen LogP contribution is 2.21. The van der Waals surface area contributed by atoms with E-state index in [2.05, 4.69) is 0 Å². The number of benzene rings is 2. The van der Waals surface area contributed by atoms with Crippen molar-refractivity contribution in [2.75, 3.05) is 7.11 Å². The van der Waals surface area contributed by atoms with Crippen molar-refractivity contribution in [2.45, 2.75) is 6.42 Å². The molecular formula is C18H14O5. The molecule has 1 aromatic heterocycles. The third-order valence-corrected chi connectivity index (χ3v) is 3.35. The molecule has 0 fully saturated rings. The maximum Gasteiger partial charge on any atom is 0.336 e. The van der Waals surface area contributed by atoms with Crippen molar-refractivity contribution in [3.05, 3.63) is 70.6 Å². The molecule has 0 unspecified atom stereocenters. The smallest absolute Gasteiger partial charge is 0.336 e. The normalized spacial score (nSPS) is 10.5. The minimum atomic E-state index is -0.449. The maximum atomic E-state index is 12.1. The lowest BCUT2D eigenvalue weighted by molar-refractivity contribution is -0.133. The molecule has 0 aliphatic heterocycles. The summed E-state index contributed by atoms with van der Waals surface area (Å²) in [6.07, 6.45) is 0.0841. The van der Waals surface area contributed by atoms with Crippen LogP contribution in [-0.2, 0) is 11.2 Å². The summed E-state index contributed by atoms with van der Waals surface area (Å²) in [5, 5.41) is 0.758. The molecule has 2 aromatic carbocycles. The zero-order valence-electron chi connectivity index (χ0n) is 12.4. The highest BCUT2D eigenvalue weighted by Gasteiger charge is 2.11. The van der Waals surface area contributed by atoms with E-state index in [0.717, 1.165) is 10.9 Å². The molecule has 0 aliphatic carbocycles. The second kappa shape index (κ2) is 6.36. The first-order valence-electron chi connectivity index (χ1n) is 7.02. The quantitative estimate of drug-likeness (QED) is 0.421. The van der Waals surface area contributed by atoms with E-state index >= 15 is 0 Å². The van der Waals surface area contributed by atoms with E-state index in [4.69, 9.17) is 13.9 Å². The monoisotopic (exact) mass is 310 g/mol. The van der Waals surface area contributed by atoms with Crippen molar-refractivity contribution >= 4 is 16.9 Å². The lowest BCUT2D eigenvalue weighted by Gasteiger charge is -2.08. The topological polar surface area (TPSA) is 65.7 Å². The van der Waals surface area contributed by atoms with Crippen LogP contribution in [0.1, 0.15) is 5.56 Å². The molecule has 0 bridgehead atoms. The van der Waals surface area contributed by atoms with Crippen LogP contribution >= 0.6 is 0 Å². The van der Waals surface area contributed by atoms with Crippen LogP contribution in [0.3, 0.4) is 0 Å². The molecule has 0 saturated heterocycles. The summed E-state index contributed by atoms with van der Waals surface area (Å²) in [4.78, 5) is 23.3. The predicted molar refractivity (Wildman–Crippen MR) is 84.8 cm³/mol. The summed E-state index contributed by atoms with van der Waals surface area (Å²) in [5.74, 6) is 0.535. The van der Waals surface area contributed by atoms with Gasteiger partial charge in [0.05, 0.1) is 13.5 Å². The molecule has 3 aromatic rings. The Morgan fingerprint density at radius 2 is 1.87 bits per heavy atom. The van der Waals surface area contributed by atoms with Crippen LogP contribution < -0.4 is 15.1 Å². The van der Waals surface area contributed by atoms with Crippen LogP contribution in [0.15, 0.2) is 63.8 Å². The molecule has 0 spiro atoms. The standard InChI is InChI=1S/C18H14O5/c1-21-15-5-3-2-4-13(15)10-18(20)22-14-8-6-12-7-9-17(19)23-16(12)11-14/h2-9,11H,10H2,1H3. The zero-order chi connectivity index (χ0) is 16.2. The summed E-state index contributed by atoms with van der Waals surface area (Å²) >= 11 is 0. The first kappa shape index (κ1) is 14.8. The van der Waals surface area contributed by atoms with Crippen LogP contribution in [0, 0.1) is 0 Å². The molecule has 5 heteroatoms. The van der Waals surface area contributed by atoms with Crippen molar-refractivity contribution in [2.24, 2.45) is 0 Å². The highest BCUT2D eigenvalue weighted by molar-refractivity contribution is 5.80. The second-order valence-corrected chi connectivity index (χ2v) is 4.92. The second-order valence-electron chi connectivity index (χ2n) is 4.92. The molecule has 23 heavy (non-hydrogen) atoms. The number of esters is 1. The van der Waals surface area contributed by atoms with Crippen LogP contribution in [0.25, 0.3) is 11.0 Å². The average molecular weight is 310 g/mol. The molecule has 116 valence electrons. The van der Waals surface area contributed by atoms with E-state index < -0.39 is 11.6 Å². The number of hydrogen-bond donors (Lipinski definition) is 0. The lowest BCUT2D eigenvalue weighted by Crippen LogP contribution is -2.12. The molecule has 0 aliphatic rings. The summed E-state index contributed by atoms with van der Waals surface area (Å²) in [6, 6.07) is 15.2. The fraction of sp³-hybridized carbons (Fsp3) is 0.111. The summed E-state index contributed by atoms with van der Waals surface area (Å²) in [7, 11) is 1.55. The van der Waals surface area contributed by atoms with Gasteiger partial charge in [0.15, 0.2) is 0 Å². The Balaban J connectivity index is 1.78. The molecule has 0 radical (unpaired) electrons. The first-order valence-corrected chi connectivity index (χ1v) is 7.02. The number of fused-ring (bicyclic) bond motifs is 1. The van der Waals surface area contributed by atoms with Gasteiger partial charge < -0.3 is 13.9 Å². The van der Waals surface area contributed by atoms with Crippen molar-refractivity contribution in [3.63, 3.8) is 0 Å². The van der Waals surface area contributed by atoms with Gasteiger partial charge in [0.2, 0.25) is 0 Å². The Labute approximate surface area is 132 Å². The van der Waals surface area contributed by atoms with E-state index in [1.807, 2.05) is 12.1 Å². The number of ether oxygens (including phenoxy) is 2. The molecule has 0 saturated carbocycles. The van der Waals surface area contributed by atoms with Gasteiger partial charge in [-0.05, 0) is 24.3 Å². The van der Waals surface area contributed by atoms with Crippen molar-refractivity contribution in [1.82, 2.24) is 0 Å². The number of carbonyl (C=O) groups excluding carboxylic acids is 1. The SMILES string of the molecule is COc1ccccc1CC(=O)Oc1ccc2ccc(=O)oc2c1. The number of rotatable bonds is 4. The van der Waals surface area contributed by atoms with Crippen molar-refractivity contribution in [1.29, 1.82) is 0 Å². The third kappa shape index (κ3) is 3.40. The van der Waals surface area contributed by atoms with Crippen molar-refractivity contribution in [3.8, 4) is 11.5 Å². The van der Waals surface area contributed by atoms with Crippen molar-refractivity contribution < 1.29 is 18.7 Å². The summed E-state index contributed by atoms with van der Waals surface area (Å²) in [6.45, 7) is 0. The molecular weight excluding hydrogens is 296 g/mol. The fourth-order valence-electron chi connectivity index (χ4n) is 2.28. The Bertz CT molecular complexity index is 910. The third-order valence-electron chi connectivity index (χ3n) is 3.35. The van der Waals surface area contributed by atoms with Gasteiger partial charge in [-0.1, -0.05) is 18.2 Å². The van der Waals surface area contributed by atoms with Gasteiger partial charge in [0.1, 0.15) is 17.1 Å². The van der Waals surface area contributed by atoms with Gasteiger partial charge in [0.25, 0.3) is 0 Å². The maximum absolute atomic E-state index is 12.1. The van der Waals surface area contributed by atoms with E-state index in [9.17, 15) is 9.59 Å². The van der Waals surface area contributed by atoms with Gasteiger partial charge in [-0.3, -0.25) is 4.79 Å². The number of carbonyl (C=O) groups is 1. The number of methoxy groups -OCH3 is 1. The van der Waals surface area contributed by atoms with E-state index in [1.54, 1.807) is 37.4 Å². The van der Waals surface area contributed by atoms with Gasteiger partial charge in [-0.15, -0.1) is 0 Å². The Hall–Kier alpha value is -3.08. The van der Waals surface area contributed by atoms with Gasteiger partial charge in [-0.25, -0.2) is 4.79 Å². The van der Waals surface area contributed by atoms with Crippen LogP contribution in [0.5, 0.6) is 11.5 Å². The highest BCUT2D eigenvalue weighted by atomic mass is 16.5. The fourth-order valence-corrected chi connectivity index (χ4v) is 2.28. The van der Waals surface area contributed by atoms with E-state index in [0.29, 0.717) is 17.1 Å². The Kier molecular flexibility index (Phi) is 4.10. The summed E-state index contributed by atoms with van der Waals surface area (Å²) in [5.41, 5.74) is 0.669. The number of para-hydroxylation sites is 1. The molecule has 0 N–H and O–H groups in total.